The molecule has 6 heteroatoms. The molecule has 0 unspecified atom stereocenters. The van der Waals surface area contributed by atoms with Gasteiger partial charge in [-0.25, -0.2) is 9.37 Å². The largest absolute Gasteiger partial charge is 0.479 e. The molecule has 5 nitrogen and oxygen atoms in total. The highest BCUT2D eigenvalue weighted by Gasteiger charge is 2.48. The van der Waals surface area contributed by atoms with Crippen LogP contribution in [0.4, 0.5) is 4.39 Å². The standard InChI is InChI=1S/C23H30FN3O2/c1-28-21-19(24)14-18(16-27-21)15-25-12-9-22(20-6-2-5-11-26-20)10-13-29-23(17-22)7-3-4-8-23/h2,5-6,11,14,16,25H,3-4,7-10,12-13,15,17H2,1H3/t22-/m1/s1. The number of pyridine rings is 2. The lowest BCUT2D eigenvalue weighted by Crippen LogP contribution is -2.47. The van der Waals surface area contributed by atoms with Gasteiger partial charge < -0.3 is 14.8 Å². The Hall–Kier alpha value is -2.05. The zero-order valence-corrected chi connectivity index (χ0v) is 17.1. The van der Waals surface area contributed by atoms with Crippen LogP contribution in [0.25, 0.3) is 0 Å². The molecule has 156 valence electrons. The van der Waals surface area contributed by atoms with Gasteiger partial charge in [0.2, 0.25) is 5.88 Å². The quantitative estimate of drug-likeness (QED) is 0.709. The van der Waals surface area contributed by atoms with Crippen LogP contribution in [0.3, 0.4) is 0 Å². The first-order valence-corrected chi connectivity index (χ1v) is 10.6. The number of rotatable bonds is 7. The predicted octanol–water partition coefficient (Wildman–Crippen LogP) is 4.17. The van der Waals surface area contributed by atoms with Crippen molar-refractivity contribution in [2.24, 2.45) is 0 Å². The van der Waals surface area contributed by atoms with Gasteiger partial charge in [-0.3, -0.25) is 4.98 Å². The van der Waals surface area contributed by atoms with E-state index in [1.807, 2.05) is 12.3 Å². The maximum absolute atomic E-state index is 13.9. The van der Waals surface area contributed by atoms with Gasteiger partial charge in [-0.2, -0.15) is 0 Å². The molecule has 4 rings (SSSR count). The summed E-state index contributed by atoms with van der Waals surface area (Å²) in [6.07, 6.45) is 11.4. The van der Waals surface area contributed by atoms with Crippen molar-refractivity contribution in [2.75, 3.05) is 20.3 Å². The number of aromatic nitrogens is 2. The minimum Gasteiger partial charge on any atom is -0.479 e. The van der Waals surface area contributed by atoms with Crippen LogP contribution >= 0.6 is 0 Å². The zero-order chi connectivity index (χ0) is 20.2. The predicted molar refractivity (Wildman–Crippen MR) is 109 cm³/mol. The van der Waals surface area contributed by atoms with Crippen LogP contribution in [-0.4, -0.2) is 35.8 Å². The van der Waals surface area contributed by atoms with Crippen molar-refractivity contribution < 1.29 is 13.9 Å². The number of hydrogen-bond donors (Lipinski definition) is 1. The van der Waals surface area contributed by atoms with Gasteiger partial charge in [-0.15, -0.1) is 0 Å². The fourth-order valence-corrected chi connectivity index (χ4v) is 5.07. The molecule has 1 saturated heterocycles. The van der Waals surface area contributed by atoms with E-state index in [2.05, 4.69) is 22.4 Å². The Morgan fingerprint density at radius 1 is 1.21 bits per heavy atom. The summed E-state index contributed by atoms with van der Waals surface area (Å²) in [6.45, 7) is 2.21. The molecule has 0 amide bonds. The lowest BCUT2D eigenvalue weighted by atomic mass is 9.68. The molecule has 1 aliphatic carbocycles. The summed E-state index contributed by atoms with van der Waals surface area (Å²) in [6, 6.07) is 7.71. The minimum absolute atomic E-state index is 0.0266. The van der Waals surface area contributed by atoms with Crippen LogP contribution in [0.5, 0.6) is 5.88 Å². The van der Waals surface area contributed by atoms with Crippen molar-refractivity contribution in [1.82, 2.24) is 15.3 Å². The molecule has 0 bridgehead atoms. The molecule has 1 aliphatic heterocycles. The molecule has 1 saturated carbocycles. The molecule has 1 spiro atoms. The van der Waals surface area contributed by atoms with E-state index in [1.165, 1.54) is 31.7 Å². The summed E-state index contributed by atoms with van der Waals surface area (Å²) in [5.41, 5.74) is 2.04. The third kappa shape index (κ3) is 4.43. The molecular formula is C23H30FN3O2. The Kier molecular flexibility index (Phi) is 6.11. The third-order valence-corrected chi connectivity index (χ3v) is 6.54. The van der Waals surface area contributed by atoms with E-state index < -0.39 is 5.82 Å². The second kappa shape index (κ2) is 8.76. The van der Waals surface area contributed by atoms with Crippen molar-refractivity contribution in [3.05, 3.63) is 53.7 Å². The van der Waals surface area contributed by atoms with Crippen LogP contribution in [0.15, 0.2) is 36.7 Å². The smallest absolute Gasteiger partial charge is 0.250 e. The monoisotopic (exact) mass is 399 g/mol. The van der Waals surface area contributed by atoms with Gasteiger partial charge in [0, 0.05) is 36.7 Å². The second-order valence-corrected chi connectivity index (χ2v) is 8.42. The molecule has 2 aliphatic rings. The van der Waals surface area contributed by atoms with Gasteiger partial charge in [-0.1, -0.05) is 18.9 Å². The van der Waals surface area contributed by atoms with Gasteiger partial charge in [0.1, 0.15) is 0 Å². The summed E-state index contributed by atoms with van der Waals surface area (Å²) in [7, 11) is 1.42. The highest BCUT2D eigenvalue weighted by Crippen LogP contribution is 2.49. The third-order valence-electron chi connectivity index (χ3n) is 6.54. The normalized spacial score (nSPS) is 23.4. The van der Waals surface area contributed by atoms with Crippen LogP contribution in [0, 0.1) is 5.82 Å². The van der Waals surface area contributed by atoms with Gasteiger partial charge in [0.25, 0.3) is 0 Å². The number of hydrogen-bond acceptors (Lipinski definition) is 5. The van der Waals surface area contributed by atoms with Gasteiger partial charge in [0.05, 0.1) is 12.7 Å². The first-order chi connectivity index (χ1) is 14.1. The second-order valence-electron chi connectivity index (χ2n) is 8.42. The maximum atomic E-state index is 13.9. The number of nitrogens with zero attached hydrogens (tertiary/aromatic N) is 2. The first kappa shape index (κ1) is 20.2. The summed E-state index contributed by atoms with van der Waals surface area (Å²) < 4.78 is 25.1. The molecule has 2 fully saturated rings. The lowest BCUT2D eigenvalue weighted by Gasteiger charge is -2.46. The first-order valence-electron chi connectivity index (χ1n) is 10.6. The van der Waals surface area contributed by atoms with Crippen molar-refractivity contribution in [3.63, 3.8) is 0 Å². The topological polar surface area (TPSA) is 56.3 Å². The number of nitrogens with one attached hydrogen (secondary N) is 1. The Balaban J connectivity index is 1.43. The van der Waals surface area contributed by atoms with E-state index in [0.717, 1.165) is 50.8 Å². The zero-order valence-electron chi connectivity index (χ0n) is 17.1. The van der Waals surface area contributed by atoms with Crippen molar-refractivity contribution >= 4 is 0 Å². The van der Waals surface area contributed by atoms with Gasteiger partial charge in [0.15, 0.2) is 5.82 Å². The van der Waals surface area contributed by atoms with E-state index in [9.17, 15) is 4.39 Å². The summed E-state index contributed by atoms with van der Waals surface area (Å²) in [5.74, 6) is -0.392. The number of methoxy groups -OCH3 is 1. The number of halogens is 1. The average molecular weight is 400 g/mol. The molecule has 0 aromatic carbocycles. The lowest BCUT2D eigenvalue weighted by molar-refractivity contribution is -0.104. The van der Waals surface area contributed by atoms with Crippen LogP contribution < -0.4 is 10.1 Å². The summed E-state index contributed by atoms with van der Waals surface area (Å²) in [5, 5.41) is 3.47. The van der Waals surface area contributed by atoms with Crippen LogP contribution in [0.2, 0.25) is 0 Å². The Morgan fingerprint density at radius 3 is 2.79 bits per heavy atom. The van der Waals surface area contributed by atoms with E-state index in [4.69, 9.17) is 14.5 Å². The highest BCUT2D eigenvalue weighted by atomic mass is 19.1. The van der Waals surface area contributed by atoms with E-state index >= 15 is 0 Å². The molecule has 29 heavy (non-hydrogen) atoms. The molecular weight excluding hydrogens is 369 g/mol. The Bertz CT molecular complexity index is 811. The molecule has 2 aromatic rings. The van der Waals surface area contributed by atoms with Crippen LogP contribution in [0.1, 0.15) is 56.2 Å². The molecule has 3 heterocycles. The maximum Gasteiger partial charge on any atom is 0.250 e. The van der Waals surface area contributed by atoms with E-state index in [-0.39, 0.29) is 16.9 Å². The van der Waals surface area contributed by atoms with Crippen LogP contribution in [-0.2, 0) is 16.7 Å². The van der Waals surface area contributed by atoms with E-state index in [1.54, 1.807) is 6.20 Å². The van der Waals surface area contributed by atoms with Gasteiger partial charge in [-0.05, 0) is 62.4 Å². The Labute approximate surface area is 172 Å². The van der Waals surface area contributed by atoms with E-state index in [0.29, 0.717) is 6.54 Å². The summed E-state index contributed by atoms with van der Waals surface area (Å²) >= 11 is 0. The SMILES string of the molecule is COc1ncc(CNCC[C@@]2(c3ccccn3)CCOC3(CCCC3)C2)cc1F. The molecule has 2 aromatic heterocycles. The molecule has 0 radical (unpaired) electrons. The highest BCUT2D eigenvalue weighted by molar-refractivity contribution is 5.22. The fourth-order valence-electron chi connectivity index (χ4n) is 5.07. The fraction of sp³-hybridized carbons (Fsp3) is 0.565. The van der Waals surface area contributed by atoms with Crippen molar-refractivity contribution in [2.45, 2.75) is 62.5 Å². The van der Waals surface area contributed by atoms with Gasteiger partial charge >= 0.3 is 0 Å². The molecule has 1 N–H and O–H groups in total. The minimum atomic E-state index is -0.427. The average Bonchev–Trinajstić information content (AvgIpc) is 3.19. The Morgan fingerprint density at radius 2 is 2.07 bits per heavy atom. The van der Waals surface area contributed by atoms with Crippen molar-refractivity contribution in [3.8, 4) is 5.88 Å². The summed E-state index contributed by atoms with van der Waals surface area (Å²) in [4.78, 5) is 8.75. The number of ether oxygens (including phenoxy) is 2. The molecule has 1 atom stereocenters. The van der Waals surface area contributed by atoms with Crippen molar-refractivity contribution in [1.29, 1.82) is 0 Å².